The highest BCUT2D eigenvalue weighted by atomic mass is 16.4. The van der Waals surface area contributed by atoms with Crippen molar-refractivity contribution in [2.75, 3.05) is 26.2 Å². The molecule has 0 saturated heterocycles. The Labute approximate surface area is 168 Å². The Balaban J connectivity index is 5.30. The summed E-state index contributed by atoms with van der Waals surface area (Å²) in [4.78, 5) is 11.6. The first-order valence-electron chi connectivity index (χ1n) is 11.3. The van der Waals surface area contributed by atoms with Crippen molar-refractivity contribution in [2.24, 2.45) is 5.92 Å². The van der Waals surface area contributed by atoms with E-state index in [1.165, 1.54) is 0 Å². The molecule has 1 N–H and O–H groups in total. The predicted molar refractivity (Wildman–Crippen MR) is 112 cm³/mol. The molecule has 2 atom stereocenters. The number of nitrogens with zero attached hydrogens (tertiary/aromatic N) is 1. The van der Waals surface area contributed by atoms with Crippen LogP contribution < -0.4 is 5.11 Å². The second-order valence-electron chi connectivity index (χ2n) is 8.13. The minimum absolute atomic E-state index is 0.440. The number of allylic oxidation sites excluding steroid dienone is 1. The number of carboxylic acid groups (broad SMARTS) is 1. The van der Waals surface area contributed by atoms with Gasteiger partial charge in [-0.05, 0) is 38.5 Å². The maximum absolute atomic E-state index is 11.6. The van der Waals surface area contributed by atoms with Crippen molar-refractivity contribution in [3.05, 3.63) is 12.2 Å². The SMILES string of the molecule is CCCC/C=C/C(O)C[N+](CCCCC)(CCCCC)CC(CC)C(=O)[O-]. The van der Waals surface area contributed by atoms with Crippen molar-refractivity contribution in [3.63, 3.8) is 0 Å². The van der Waals surface area contributed by atoms with Gasteiger partial charge >= 0.3 is 0 Å². The summed E-state index contributed by atoms with van der Waals surface area (Å²) in [5.41, 5.74) is 0. The summed E-state index contributed by atoms with van der Waals surface area (Å²) < 4.78 is 0.700. The Hall–Kier alpha value is -0.870. The predicted octanol–water partition coefficient (Wildman–Crippen LogP) is 4.07. The van der Waals surface area contributed by atoms with Crippen molar-refractivity contribution in [1.29, 1.82) is 0 Å². The Morgan fingerprint density at radius 2 is 1.48 bits per heavy atom. The van der Waals surface area contributed by atoms with Gasteiger partial charge in [0, 0.05) is 5.92 Å². The number of carboxylic acids is 1. The molecule has 27 heavy (non-hydrogen) atoms. The van der Waals surface area contributed by atoms with E-state index in [4.69, 9.17) is 0 Å². The summed E-state index contributed by atoms with van der Waals surface area (Å²) in [5, 5.41) is 22.3. The molecule has 4 nitrogen and oxygen atoms in total. The molecule has 0 saturated carbocycles. The zero-order valence-electron chi connectivity index (χ0n) is 18.4. The van der Waals surface area contributed by atoms with Gasteiger partial charge in [-0.1, -0.05) is 65.5 Å². The van der Waals surface area contributed by atoms with Gasteiger partial charge in [0.1, 0.15) is 12.6 Å². The molecule has 0 aliphatic rings. The highest BCUT2D eigenvalue weighted by Gasteiger charge is 2.32. The number of hydrogen-bond donors (Lipinski definition) is 1. The van der Waals surface area contributed by atoms with E-state index in [1.54, 1.807) is 0 Å². The maximum atomic E-state index is 11.6. The first-order valence-corrected chi connectivity index (χ1v) is 11.3. The smallest absolute Gasteiger partial charge is 0.121 e. The van der Waals surface area contributed by atoms with Crippen LogP contribution in [0.1, 0.15) is 91.9 Å². The van der Waals surface area contributed by atoms with E-state index in [9.17, 15) is 15.0 Å². The summed E-state index contributed by atoms with van der Waals surface area (Å²) >= 11 is 0. The van der Waals surface area contributed by atoms with Gasteiger partial charge in [0.2, 0.25) is 0 Å². The Morgan fingerprint density at radius 1 is 0.926 bits per heavy atom. The lowest BCUT2D eigenvalue weighted by Gasteiger charge is -2.42. The van der Waals surface area contributed by atoms with E-state index in [0.29, 0.717) is 24.0 Å². The first kappa shape index (κ1) is 26.1. The van der Waals surface area contributed by atoms with E-state index in [-0.39, 0.29) is 0 Å². The van der Waals surface area contributed by atoms with Crippen LogP contribution in [0.25, 0.3) is 0 Å². The van der Waals surface area contributed by atoms with Gasteiger partial charge in [0.05, 0.1) is 25.6 Å². The fraction of sp³-hybridized carbons (Fsp3) is 0.870. The van der Waals surface area contributed by atoms with Gasteiger partial charge in [0.25, 0.3) is 0 Å². The molecule has 0 spiro atoms. The average Bonchev–Trinajstić information content (AvgIpc) is 2.63. The number of quaternary nitrogens is 1. The third kappa shape index (κ3) is 12.2. The summed E-state index contributed by atoms with van der Waals surface area (Å²) in [6.07, 6.45) is 14.1. The third-order valence-corrected chi connectivity index (χ3v) is 5.56. The second-order valence-corrected chi connectivity index (χ2v) is 8.13. The lowest BCUT2D eigenvalue weighted by atomic mass is 10.0. The molecule has 160 valence electrons. The number of rotatable bonds is 18. The highest BCUT2D eigenvalue weighted by molar-refractivity contribution is 5.67. The number of unbranched alkanes of at least 4 members (excludes halogenated alkanes) is 6. The monoisotopic (exact) mass is 383 g/mol. The van der Waals surface area contributed by atoms with E-state index < -0.39 is 18.0 Å². The molecule has 0 rings (SSSR count). The van der Waals surface area contributed by atoms with E-state index in [2.05, 4.69) is 26.8 Å². The van der Waals surface area contributed by atoms with Crippen LogP contribution in [0, 0.1) is 5.92 Å². The largest absolute Gasteiger partial charge is 0.550 e. The number of aliphatic hydroxyl groups excluding tert-OH is 1. The minimum Gasteiger partial charge on any atom is -0.550 e. The molecule has 0 amide bonds. The molecule has 0 bridgehead atoms. The van der Waals surface area contributed by atoms with Gasteiger partial charge in [-0.3, -0.25) is 0 Å². The molecular formula is C23H45NO3. The zero-order valence-corrected chi connectivity index (χ0v) is 18.4. The molecule has 4 heteroatoms. The third-order valence-electron chi connectivity index (χ3n) is 5.56. The van der Waals surface area contributed by atoms with Gasteiger partial charge in [-0.2, -0.15) is 0 Å². The molecule has 0 fully saturated rings. The molecule has 0 radical (unpaired) electrons. The topological polar surface area (TPSA) is 60.4 Å². The number of aliphatic hydroxyl groups is 1. The molecule has 0 aromatic rings. The second kappa shape index (κ2) is 16.1. The normalized spacial score (nSPS) is 14.6. The molecule has 0 heterocycles. The number of hydrogen-bond acceptors (Lipinski definition) is 3. The van der Waals surface area contributed by atoms with Crippen LogP contribution >= 0.6 is 0 Å². The zero-order chi connectivity index (χ0) is 20.5. The van der Waals surface area contributed by atoms with Crippen molar-refractivity contribution < 1.29 is 19.5 Å². The van der Waals surface area contributed by atoms with E-state index in [1.807, 2.05) is 13.0 Å². The molecule has 2 unspecified atom stereocenters. The van der Waals surface area contributed by atoms with Crippen molar-refractivity contribution in [3.8, 4) is 0 Å². The summed E-state index contributed by atoms with van der Waals surface area (Å²) in [5.74, 6) is -1.39. The van der Waals surface area contributed by atoms with Crippen LogP contribution in [0.15, 0.2) is 12.2 Å². The molecule has 0 aromatic carbocycles. The molecular weight excluding hydrogens is 338 g/mol. The van der Waals surface area contributed by atoms with Gasteiger partial charge in [0.15, 0.2) is 0 Å². The maximum Gasteiger partial charge on any atom is 0.121 e. The molecule has 0 aliphatic heterocycles. The van der Waals surface area contributed by atoms with Crippen LogP contribution in [0.3, 0.4) is 0 Å². The van der Waals surface area contributed by atoms with E-state index >= 15 is 0 Å². The Morgan fingerprint density at radius 3 is 1.93 bits per heavy atom. The fourth-order valence-electron chi connectivity index (χ4n) is 3.82. The van der Waals surface area contributed by atoms with Crippen molar-refractivity contribution >= 4 is 5.97 Å². The fourth-order valence-corrected chi connectivity index (χ4v) is 3.82. The Bertz CT molecular complexity index is 385. The summed E-state index contributed by atoms with van der Waals surface area (Å²) in [7, 11) is 0. The van der Waals surface area contributed by atoms with Crippen LogP contribution in [-0.4, -0.2) is 47.8 Å². The van der Waals surface area contributed by atoms with Crippen LogP contribution in [0.4, 0.5) is 0 Å². The number of aliphatic carboxylic acids is 1. The quantitative estimate of drug-likeness (QED) is 0.220. The highest BCUT2D eigenvalue weighted by Crippen LogP contribution is 2.20. The van der Waals surface area contributed by atoms with Crippen LogP contribution in [0.2, 0.25) is 0 Å². The standard InChI is InChI=1S/C23H45NO3/c1-5-9-12-13-16-22(25)20-24(17-14-10-6-2,18-15-11-7-3)19-21(8-4)23(26)27/h13,16,21-22,25H,5-12,14-15,17-20H2,1-4H3/b16-13+. The minimum atomic E-state index is -0.945. The number of carbonyl (C=O) groups is 1. The van der Waals surface area contributed by atoms with Crippen LogP contribution in [-0.2, 0) is 4.79 Å². The molecule has 0 aliphatic carbocycles. The van der Waals surface area contributed by atoms with Crippen molar-refractivity contribution in [2.45, 2.75) is 98.0 Å². The van der Waals surface area contributed by atoms with E-state index in [0.717, 1.165) is 70.9 Å². The molecule has 0 aromatic heterocycles. The average molecular weight is 384 g/mol. The summed E-state index contributed by atoms with van der Waals surface area (Å²) in [6.45, 7) is 11.5. The lowest BCUT2D eigenvalue weighted by molar-refractivity contribution is -0.933. The first-order chi connectivity index (χ1) is 12.9. The summed E-state index contributed by atoms with van der Waals surface area (Å²) in [6, 6.07) is 0. The van der Waals surface area contributed by atoms with Gasteiger partial charge in [-0.15, -0.1) is 0 Å². The number of carbonyl (C=O) groups excluding carboxylic acids is 1. The van der Waals surface area contributed by atoms with Crippen LogP contribution in [0.5, 0.6) is 0 Å². The van der Waals surface area contributed by atoms with Gasteiger partial charge in [-0.25, -0.2) is 0 Å². The van der Waals surface area contributed by atoms with Crippen molar-refractivity contribution in [1.82, 2.24) is 0 Å². The lowest BCUT2D eigenvalue weighted by Crippen LogP contribution is -2.57. The Kier molecular flexibility index (Phi) is 15.6. The van der Waals surface area contributed by atoms with Gasteiger partial charge < -0.3 is 19.5 Å².